The molecular formula is C29H28ClF5N6O4. The lowest BCUT2D eigenvalue weighted by Gasteiger charge is -2.28. The van der Waals surface area contributed by atoms with Crippen molar-refractivity contribution in [2.75, 3.05) is 46.7 Å². The minimum absolute atomic E-state index is 0. The van der Waals surface area contributed by atoms with E-state index in [1.807, 2.05) is 4.90 Å². The molecule has 3 aromatic rings. The van der Waals surface area contributed by atoms with Gasteiger partial charge in [-0.3, -0.25) is 4.79 Å². The molecule has 2 N–H and O–H groups in total. The first kappa shape index (κ1) is 33.4. The SMILES string of the molecule is CC1(C)C(=O)N(c2ccc(F)c(C(F)(F)F)c2)C(=O)N1Cc1ccc(F)cc1NC(=O)Nc1ccnc(N2CCOCC2)c1.Cl. The second kappa shape index (κ2) is 12.9. The van der Waals surface area contributed by atoms with Crippen molar-refractivity contribution in [2.45, 2.75) is 32.1 Å². The third kappa shape index (κ3) is 6.93. The van der Waals surface area contributed by atoms with Crippen molar-refractivity contribution < 1.29 is 41.1 Å². The number of benzene rings is 2. The van der Waals surface area contributed by atoms with Crippen molar-refractivity contribution in [3.8, 4) is 0 Å². The lowest BCUT2D eigenvalue weighted by atomic mass is 10.0. The van der Waals surface area contributed by atoms with Crippen molar-refractivity contribution in [3.05, 3.63) is 77.5 Å². The Hall–Kier alpha value is -4.50. The Kier molecular flexibility index (Phi) is 9.54. The number of carbonyl (C=O) groups excluding carboxylic acids is 3. The molecule has 0 bridgehead atoms. The van der Waals surface area contributed by atoms with Gasteiger partial charge in [-0.05, 0) is 55.8 Å². The number of aromatic nitrogens is 1. The predicted molar refractivity (Wildman–Crippen MR) is 157 cm³/mol. The Morgan fingerprint density at radius 2 is 1.71 bits per heavy atom. The Balaban J connectivity index is 0.00000461. The summed E-state index contributed by atoms with van der Waals surface area (Å²) in [6, 6.07) is 6.79. The smallest absolute Gasteiger partial charge is 0.378 e. The molecule has 0 atom stereocenters. The third-order valence-electron chi connectivity index (χ3n) is 7.32. The number of halogens is 6. The molecule has 2 saturated heterocycles. The molecular weight excluding hydrogens is 627 g/mol. The summed E-state index contributed by atoms with van der Waals surface area (Å²) in [6.07, 6.45) is -3.53. The van der Waals surface area contributed by atoms with Gasteiger partial charge >= 0.3 is 18.2 Å². The van der Waals surface area contributed by atoms with Crippen LogP contribution < -0.4 is 20.4 Å². The van der Waals surface area contributed by atoms with Gasteiger partial charge in [0.15, 0.2) is 0 Å². The zero-order valence-electron chi connectivity index (χ0n) is 24.0. The van der Waals surface area contributed by atoms with Gasteiger partial charge < -0.3 is 25.2 Å². The standard InChI is InChI=1S/C29H27F5N6O4.ClH/c1-28(2)25(41)40(20-5-6-22(31)21(15-20)29(32,33)34)27(43)39(28)16-17-3-4-18(30)13-23(17)37-26(42)36-19-7-8-35-24(14-19)38-9-11-44-12-10-38;/h3-8,13-15H,9-12,16H2,1-2H3,(H2,35,36,37,42);1H. The van der Waals surface area contributed by atoms with Crippen LogP contribution in [0.2, 0.25) is 0 Å². The van der Waals surface area contributed by atoms with Crippen molar-refractivity contribution in [1.82, 2.24) is 9.88 Å². The maximum Gasteiger partial charge on any atom is 0.419 e. The number of urea groups is 2. The molecule has 2 aliphatic heterocycles. The Bertz CT molecular complexity index is 1620. The Morgan fingerprint density at radius 3 is 2.40 bits per heavy atom. The monoisotopic (exact) mass is 654 g/mol. The van der Waals surface area contributed by atoms with Crippen molar-refractivity contribution >= 4 is 53.3 Å². The number of nitrogens with one attached hydrogen (secondary N) is 2. The largest absolute Gasteiger partial charge is 0.419 e. The number of morpholine rings is 1. The van der Waals surface area contributed by atoms with Gasteiger partial charge in [0, 0.05) is 31.0 Å². The highest BCUT2D eigenvalue weighted by molar-refractivity contribution is 6.23. The van der Waals surface area contributed by atoms with E-state index in [0.717, 1.165) is 23.1 Å². The molecule has 0 spiro atoms. The van der Waals surface area contributed by atoms with Crippen LogP contribution in [0.15, 0.2) is 54.7 Å². The number of alkyl halides is 3. The van der Waals surface area contributed by atoms with Gasteiger partial charge in [0.05, 0.1) is 36.7 Å². The zero-order chi connectivity index (χ0) is 31.8. The molecule has 1 aromatic heterocycles. The molecule has 0 aliphatic carbocycles. The van der Waals surface area contributed by atoms with E-state index in [-0.39, 0.29) is 30.2 Å². The number of hydrogen-bond donors (Lipinski definition) is 2. The zero-order valence-corrected chi connectivity index (χ0v) is 24.8. The molecule has 16 heteroatoms. The second-order valence-corrected chi connectivity index (χ2v) is 10.6. The number of imide groups is 1. The Labute approximate surface area is 260 Å². The summed E-state index contributed by atoms with van der Waals surface area (Å²) in [5, 5.41) is 5.21. The molecule has 45 heavy (non-hydrogen) atoms. The van der Waals surface area contributed by atoms with Gasteiger partial charge in [0.25, 0.3) is 5.91 Å². The lowest BCUT2D eigenvalue weighted by molar-refractivity contribution is -0.140. The van der Waals surface area contributed by atoms with Crippen molar-refractivity contribution in [3.63, 3.8) is 0 Å². The molecule has 2 aliphatic rings. The van der Waals surface area contributed by atoms with Gasteiger partial charge in [-0.1, -0.05) is 6.07 Å². The topological polar surface area (TPSA) is 107 Å². The quantitative estimate of drug-likeness (QED) is 0.248. The highest BCUT2D eigenvalue weighted by Crippen LogP contribution is 2.38. The van der Waals surface area contributed by atoms with E-state index in [1.165, 1.54) is 26.1 Å². The number of nitrogens with zero attached hydrogens (tertiary/aromatic N) is 4. The normalized spacial score (nSPS) is 16.5. The van der Waals surface area contributed by atoms with Crippen LogP contribution in [0, 0.1) is 11.6 Å². The van der Waals surface area contributed by atoms with Gasteiger partial charge in [0.1, 0.15) is 23.0 Å². The number of carbonyl (C=O) groups is 3. The van der Waals surface area contributed by atoms with Crippen LogP contribution in [-0.4, -0.2) is 59.7 Å². The lowest BCUT2D eigenvalue weighted by Crippen LogP contribution is -2.43. The van der Waals surface area contributed by atoms with Crippen LogP contribution in [0.1, 0.15) is 25.0 Å². The van der Waals surface area contributed by atoms with E-state index in [2.05, 4.69) is 15.6 Å². The van der Waals surface area contributed by atoms with E-state index in [4.69, 9.17) is 4.74 Å². The van der Waals surface area contributed by atoms with Crippen LogP contribution in [0.4, 0.5) is 54.4 Å². The minimum Gasteiger partial charge on any atom is -0.378 e. The molecule has 0 saturated carbocycles. The van der Waals surface area contributed by atoms with E-state index in [0.29, 0.717) is 54.8 Å². The Morgan fingerprint density at radius 1 is 1.00 bits per heavy atom. The first-order valence-electron chi connectivity index (χ1n) is 13.4. The third-order valence-corrected chi connectivity index (χ3v) is 7.32. The minimum atomic E-state index is -5.06. The van der Waals surface area contributed by atoms with Gasteiger partial charge in [-0.15, -0.1) is 12.4 Å². The maximum atomic E-state index is 14.3. The highest BCUT2D eigenvalue weighted by atomic mass is 35.5. The van der Waals surface area contributed by atoms with Crippen LogP contribution >= 0.6 is 12.4 Å². The molecule has 10 nitrogen and oxygen atoms in total. The summed E-state index contributed by atoms with van der Waals surface area (Å²) in [7, 11) is 0. The number of hydrogen-bond acceptors (Lipinski definition) is 6. The van der Waals surface area contributed by atoms with Crippen LogP contribution in [0.5, 0.6) is 0 Å². The molecule has 2 fully saturated rings. The molecule has 2 aromatic carbocycles. The van der Waals surface area contributed by atoms with E-state index in [9.17, 15) is 36.3 Å². The number of ether oxygens (including phenoxy) is 1. The number of amides is 5. The summed E-state index contributed by atoms with van der Waals surface area (Å²) in [6.45, 7) is 4.80. The van der Waals surface area contributed by atoms with Crippen LogP contribution in [-0.2, 0) is 22.3 Å². The number of anilines is 4. The molecule has 5 rings (SSSR count). The molecule has 0 unspecified atom stereocenters. The first-order chi connectivity index (χ1) is 20.8. The van der Waals surface area contributed by atoms with E-state index in [1.54, 1.807) is 12.1 Å². The summed E-state index contributed by atoms with van der Waals surface area (Å²) >= 11 is 0. The van der Waals surface area contributed by atoms with Crippen LogP contribution in [0.25, 0.3) is 0 Å². The fourth-order valence-corrected chi connectivity index (χ4v) is 4.92. The molecule has 240 valence electrons. The summed E-state index contributed by atoms with van der Waals surface area (Å²) in [5.74, 6) is -2.48. The average molecular weight is 655 g/mol. The fraction of sp³-hybridized carbons (Fsp3) is 0.310. The maximum absolute atomic E-state index is 14.3. The van der Waals surface area contributed by atoms with E-state index >= 15 is 0 Å². The summed E-state index contributed by atoms with van der Waals surface area (Å²) < 4.78 is 73.5. The first-order valence-corrected chi connectivity index (χ1v) is 13.4. The van der Waals surface area contributed by atoms with Crippen molar-refractivity contribution in [1.29, 1.82) is 0 Å². The van der Waals surface area contributed by atoms with E-state index < -0.39 is 52.6 Å². The molecule has 3 heterocycles. The van der Waals surface area contributed by atoms with Crippen molar-refractivity contribution in [2.24, 2.45) is 0 Å². The van der Waals surface area contributed by atoms with Crippen LogP contribution in [0.3, 0.4) is 0 Å². The van der Waals surface area contributed by atoms with Gasteiger partial charge in [-0.25, -0.2) is 28.3 Å². The number of pyridine rings is 1. The fourth-order valence-electron chi connectivity index (χ4n) is 4.92. The second-order valence-electron chi connectivity index (χ2n) is 10.6. The number of rotatable bonds is 6. The average Bonchev–Trinajstić information content (AvgIpc) is 3.13. The van der Waals surface area contributed by atoms with Gasteiger partial charge in [-0.2, -0.15) is 13.2 Å². The summed E-state index contributed by atoms with van der Waals surface area (Å²) in [4.78, 5) is 47.6. The molecule has 0 radical (unpaired) electrons. The predicted octanol–water partition coefficient (Wildman–Crippen LogP) is 6.03. The molecule has 5 amide bonds. The highest BCUT2D eigenvalue weighted by Gasteiger charge is 2.52. The summed E-state index contributed by atoms with van der Waals surface area (Å²) in [5.41, 5.74) is -3.03. The van der Waals surface area contributed by atoms with Gasteiger partial charge in [0.2, 0.25) is 0 Å².